The molecule has 0 saturated heterocycles. The highest BCUT2D eigenvalue weighted by molar-refractivity contribution is 7.99. The fourth-order valence-electron chi connectivity index (χ4n) is 4.11. The van der Waals surface area contributed by atoms with Crippen molar-refractivity contribution >= 4 is 42.2 Å². The molecule has 1 aromatic heterocycles. The van der Waals surface area contributed by atoms with E-state index in [0.29, 0.717) is 12.5 Å². The normalized spacial score (nSPS) is 15.6. The molecule has 152 valence electrons. The molecule has 1 N–H and O–H groups in total. The van der Waals surface area contributed by atoms with Crippen LogP contribution in [0.25, 0.3) is 11.0 Å². The van der Waals surface area contributed by atoms with Crippen molar-refractivity contribution < 1.29 is 4.79 Å². The Labute approximate surface area is 182 Å². The van der Waals surface area contributed by atoms with E-state index in [0.717, 1.165) is 40.8 Å². The first kappa shape index (κ1) is 20.4. The Bertz CT molecular complexity index is 958. The van der Waals surface area contributed by atoms with E-state index in [9.17, 15) is 4.79 Å². The van der Waals surface area contributed by atoms with Crippen LogP contribution in [-0.4, -0.2) is 33.9 Å². The van der Waals surface area contributed by atoms with E-state index in [1.165, 1.54) is 19.3 Å². The predicted octanol–water partition coefficient (Wildman–Crippen LogP) is 5.22. The summed E-state index contributed by atoms with van der Waals surface area (Å²) in [5.74, 6) is 0.825. The van der Waals surface area contributed by atoms with E-state index in [4.69, 9.17) is 25.3 Å². The molecule has 0 atom stereocenters. The van der Waals surface area contributed by atoms with Gasteiger partial charge in [-0.05, 0) is 42.7 Å². The molecule has 0 radical (unpaired) electrons. The van der Waals surface area contributed by atoms with Gasteiger partial charge in [-0.25, -0.2) is 4.98 Å². The van der Waals surface area contributed by atoms with Crippen molar-refractivity contribution in [3.05, 3.63) is 65.5 Å². The number of nitrogens with one attached hydrogen (secondary N) is 1. The van der Waals surface area contributed by atoms with Gasteiger partial charge in [0.25, 0.3) is 5.91 Å². The van der Waals surface area contributed by atoms with Crippen molar-refractivity contribution in [3.8, 4) is 0 Å². The van der Waals surface area contributed by atoms with Crippen LogP contribution in [-0.2, 0) is 10.5 Å². The first-order valence-corrected chi connectivity index (χ1v) is 11.1. The smallest absolute Gasteiger partial charge is 0.253 e. The number of hydrogen-bond donors (Lipinski definition) is 3. The number of benzene rings is 2. The van der Waals surface area contributed by atoms with Crippen LogP contribution in [0.1, 0.15) is 53.8 Å². The van der Waals surface area contributed by atoms with E-state index in [2.05, 4.69) is 9.97 Å². The number of aromatic nitrogens is 2. The molecule has 0 spiro atoms. The first-order chi connectivity index (χ1) is 13.9. The number of imidazole rings is 1. The first-order valence-electron chi connectivity index (χ1n) is 10.2. The topological polar surface area (TPSA) is 49.0 Å². The van der Waals surface area contributed by atoms with Gasteiger partial charge in [0, 0.05) is 25.1 Å². The highest BCUT2D eigenvalue weighted by Crippen LogP contribution is 2.35. The number of para-hydroxylation sites is 2. The molecule has 3 aromatic rings. The number of nitrogens with zero attached hydrogens (tertiary/aromatic N) is 2. The third-order valence-electron chi connectivity index (χ3n) is 5.86. The second-order valence-electron chi connectivity index (χ2n) is 8.00. The number of H-pyrrole nitrogens is 1. The van der Waals surface area contributed by atoms with E-state index in [1.54, 1.807) is 0 Å². The number of amides is 1. The van der Waals surface area contributed by atoms with Crippen molar-refractivity contribution in [3.63, 3.8) is 0 Å². The molecule has 29 heavy (non-hydrogen) atoms. The molecule has 1 heterocycles. The molecule has 2 aromatic carbocycles. The molecule has 1 aliphatic rings. The lowest BCUT2D eigenvalue weighted by Crippen LogP contribution is -2.38. The molecule has 0 unspecified atom stereocenters. The van der Waals surface area contributed by atoms with Gasteiger partial charge >= 0.3 is 0 Å². The molecule has 0 bridgehead atoms. The van der Waals surface area contributed by atoms with Crippen molar-refractivity contribution in [1.29, 1.82) is 0 Å². The summed E-state index contributed by atoms with van der Waals surface area (Å²) >= 11 is 9.52. The Kier molecular flexibility index (Phi) is 5.93. The summed E-state index contributed by atoms with van der Waals surface area (Å²) < 4.78 is -0.733. The molecular weight excluding hydrogens is 398 g/mol. The van der Waals surface area contributed by atoms with Gasteiger partial charge in [0.2, 0.25) is 0 Å². The molecule has 4 rings (SSSR count). The van der Waals surface area contributed by atoms with Crippen LogP contribution < -0.4 is 0 Å². The maximum absolute atomic E-state index is 12.8. The molecule has 1 fully saturated rings. The molecule has 1 amide bonds. The molecular formula is C23H27N3OS2. The van der Waals surface area contributed by atoms with Crippen molar-refractivity contribution in [2.45, 2.75) is 48.6 Å². The fourth-order valence-corrected chi connectivity index (χ4v) is 4.69. The van der Waals surface area contributed by atoms with Crippen LogP contribution in [0.2, 0.25) is 0 Å². The lowest BCUT2D eigenvalue weighted by atomic mass is 9.94. The molecule has 4 nitrogen and oxygen atoms in total. The highest BCUT2D eigenvalue weighted by atomic mass is 32.2. The summed E-state index contributed by atoms with van der Waals surface area (Å²) in [6, 6.07) is 16.1. The lowest BCUT2D eigenvalue weighted by molar-refractivity contribution is 0.0696. The van der Waals surface area contributed by atoms with Crippen LogP contribution in [0.4, 0.5) is 0 Å². The number of aromatic amines is 1. The predicted molar refractivity (Wildman–Crippen MR) is 125 cm³/mol. The second kappa shape index (κ2) is 8.44. The van der Waals surface area contributed by atoms with Gasteiger partial charge in [0.05, 0.1) is 11.0 Å². The van der Waals surface area contributed by atoms with E-state index in [-0.39, 0.29) is 5.91 Å². The molecule has 1 aliphatic carbocycles. The van der Waals surface area contributed by atoms with Crippen LogP contribution in [0.3, 0.4) is 0 Å². The van der Waals surface area contributed by atoms with Crippen molar-refractivity contribution in [1.82, 2.24) is 14.9 Å². The number of hydrogen-bond acceptors (Lipinski definition) is 4. The summed E-state index contributed by atoms with van der Waals surface area (Å²) in [6.45, 7) is 0. The van der Waals surface area contributed by atoms with E-state index >= 15 is 0 Å². The van der Waals surface area contributed by atoms with Gasteiger partial charge in [0.1, 0.15) is 9.90 Å². The standard InChI is InChI=1S/C23H27N3OS2/c1-26(18-7-3-2-4-8-18)21(27)17-13-11-16(12-14-17)15-23(28,29)22-24-19-9-5-6-10-20(19)25-22/h5-6,9-14,18,28-29H,2-4,7-8,15H2,1H3,(H,24,25). The zero-order valence-electron chi connectivity index (χ0n) is 16.6. The quantitative estimate of drug-likeness (QED) is 0.388. The van der Waals surface area contributed by atoms with Crippen LogP contribution >= 0.6 is 25.3 Å². The lowest BCUT2D eigenvalue weighted by Gasteiger charge is -2.31. The molecule has 0 aliphatic heterocycles. The maximum Gasteiger partial charge on any atom is 0.253 e. The van der Waals surface area contributed by atoms with Gasteiger partial charge in [-0.2, -0.15) is 25.3 Å². The minimum Gasteiger partial charge on any atom is -0.340 e. The monoisotopic (exact) mass is 425 g/mol. The summed E-state index contributed by atoms with van der Waals surface area (Å²) in [6.07, 6.45) is 6.53. The average molecular weight is 426 g/mol. The summed E-state index contributed by atoms with van der Waals surface area (Å²) in [5, 5.41) is 0. The van der Waals surface area contributed by atoms with Gasteiger partial charge < -0.3 is 9.88 Å². The van der Waals surface area contributed by atoms with Gasteiger partial charge in [0.15, 0.2) is 0 Å². The van der Waals surface area contributed by atoms with Gasteiger partial charge in [-0.15, -0.1) is 0 Å². The zero-order chi connectivity index (χ0) is 20.4. The SMILES string of the molecule is CN(C(=O)c1ccc(CC(S)(S)c2nc3ccccc3[nH]2)cc1)C1CCCCC1. The molecule has 6 heteroatoms. The second-order valence-corrected chi connectivity index (χ2v) is 9.88. The Morgan fingerprint density at radius 2 is 1.79 bits per heavy atom. The average Bonchev–Trinajstić information content (AvgIpc) is 3.19. The Hall–Kier alpha value is -1.92. The van der Waals surface area contributed by atoms with Crippen molar-refractivity contribution in [2.24, 2.45) is 0 Å². The summed E-state index contributed by atoms with van der Waals surface area (Å²) in [5.41, 5.74) is 3.67. The third-order valence-corrected chi connectivity index (χ3v) is 6.60. The third kappa shape index (κ3) is 4.48. The molecule has 1 saturated carbocycles. The summed E-state index contributed by atoms with van der Waals surface area (Å²) in [7, 11) is 1.93. The largest absolute Gasteiger partial charge is 0.340 e. The number of thiol groups is 2. The fraction of sp³-hybridized carbons (Fsp3) is 0.391. The van der Waals surface area contributed by atoms with Crippen molar-refractivity contribution in [2.75, 3.05) is 7.05 Å². The highest BCUT2D eigenvalue weighted by Gasteiger charge is 2.28. The Morgan fingerprint density at radius 3 is 2.48 bits per heavy atom. The number of carbonyl (C=O) groups is 1. The maximum atomic E-state index is 12.8. The Morgan fingerprint density at radius 1 is 1.10 bits per heavy atom. The van der Waals surface area contributed by atoms with E-state index in [1.807, 2.05) is 60.5 Å². The van der Waals surface area contributed by atoms with E-state index < -0.39 is 4.08 Å². The van der Waals surface area contributed by atoms with Crippen LogP contribution in [0.15, 0.2) is 48.5 Å². The van der Waals surface area contributed by atoms with Gasteiger partial charge in [-0.1, -0.05) is 43.5 Å². The minimum absolute atomic E-state index is 0.101. The number of carbonyl (C=O) groups excluding carboxylic acids is 1. The van der Waals surface area contributed by atoms with Crippen LogP contribution in [0, 0.1) is 0 Å². The van der Waals surface area contributed by atoms with Crippen LogP contribution in [0.5, 0.6) is 0 Å². The number of fused-ring (bicyclic) bond motifs is 1. The summed E-state index contributed by atoms with van der Waals surface area (Å²) in [4.78, 5) is 22.7. The zero-order valence-corrected chi connectivity index (χ0v) is 18.4. The number of rotatable bonds is 5. The minimum atomic E-state index is -0.733. The Balaban J connectivity index is 1.46. The van der Waals surface area contributed by atoms with Gasteiger partial charge in [-0.3, -0.25) is 4.79 Å².